The van der Waals surface area contributed by atoms with Gasteiger partial charge >= 0.3 is 12.5 Å². The van der Waals surface area contributed by atoms with Crippen LogP contribution in [-0.2, 0) is 30.1 Å². The third-order valence-electron chi connectivity index (χ3n) is 6.53. The van der Waals surface area contributed by atoms with Gasteiger partial charge in [0.05, 0.1) is 5.56 Å². The van der Waals surface area contributed by atoms with Crippen LogP contribution in [0.4, 0.5) is 43.9 Å². The van der Waals surface area contributed by atoms with E-state index in [2.05, 4.69) is 11.7 Å². The van der Waals surface area contributed by atoms with Gasteiger partial charge in [-0.25, -0.2) is 26.7 Å². The molecule has 0 saturated carbocycles. The molecule has 0 bridgehead atoms. The monoisotopic (exact) mass is 600 g/mol. The molecule has 4 rings (SSSR count). The summed E-state index contributed by atoms with van der Waals surface area (Å²) < 4.78 is 140. The Morgan fingerprint density at radius 3 is 1.62 bits per heavy atom. The summed E-state index contributed by atoms with van der Waals surface area (Å²) in [5, 5.41) is 0. The number of hydrogen-bond donors (Lipinski definition) is 0. The number of benzene rings is 4. The average molecular weight is 600 g/mol. The van der Waals surface area contributed by atoms with Gasteiger partial charge in [-0.2, -0.15) is 8.78 Å². The molecule has 11 heteroatoms. The third kappa shape index (κ3) is 7.13. The van der Waals surface area contributed by atoms with Gasteiger partial charge in [-0.1, -0.05) is 49.7 Å². The number of hydrogen-bond acceptors (Lipinski definition) is 1. The molecule has 0 N–H and O–H groups in total. The van der Waals surface area contributed by atoms with E-state index >= 15 is 0 Å². The summed E-state index contributed by atoms with van der Waals surface area (Å²) in [7, 11) is 0. The van der Waals surface area contributed by atoms with E-state index in [0.717, 1.165) is 36.1 Å². The molecule has 0 amide bonds. The van der Waals surface area contributed by atoms with E-state index in [1.807, 2.05) is 24.3 Å². The average Bonchev–Trinajstić information content (AvgIpc) is 2.86. The highest BCUT2D eigenvalue weighted by atomic mass is 19.4. The van der Waals surface area contributed by atoms with Crippen molar-refractivity contribution in [2.24, 2.45) is 0 Å². The van der Waals surface area contributed by atoms with Crippen LogP contribution in [-0.4, -0.2) is 6.36 Å². The van der Waals surface area contributed by atoms with Crippen molar-refractivity contribution in [1.29, 1.82) is 0 Å². The molecule has 0 aliphatic heterocycles. The zero-order valence-corrected chi connectivity index (χ0v) is 21.9. The summed E-state index contributed by atoms with van der Waals surface area (Å²) in [4.78, 5) is 0. The van der Waals surface area contributed by atoms with Gasteiger partial charge in [0, 0.05) is 0 Å². The second kappa shape index (κ2) is 12.2. The summed E-state index contributed by atoms with van der Waals surface area (Å²) in [5.41, 5.74) is -1.28. The molecule has 0 spiro atoms. The smallest absolute Gasteiger partial charge is 0.222 e. The molecule has 0 aromatic heterocycles. The first-order valence-corrected chi connectivity index (χ1v) is 12.7. The van der Waals surface area contributed by atoms with Crippen molar-refractivity contribution in [3.05, 3.63) is 118 Å². The Morgan fingerprint density at radius 1 is 0.548 bits per heavy atom. The molecule has 4 aromatic carbocycles. The Balaban J connectivity index is 1.52. The number of aryl methyl sites for hydroxylation is 3. The molecular weight excluding hydrogens is 578 g/mol. The maximum Gasteiger partial charge on any atom is 0.527 e. The van der Waals surface area contributed by atoms with Gasteiger partial charge in [0.25, 0.3) is 0 Å². The lowest BCUT2D eigenvalue weighted by atomic mass is 9.96. The van der Waals surface area contributed by atoms with Crippen molar-refractivity contribution in [2.75, 3.05) is 0 Å². The lowest BCUT2D eigenvalue weighted by Gasteiger charge is -2.20. The normalized spacial score (nSPS) is 12.2. The second-order valence-electron chi connectivity index (χ2n) is 9.57. The highest BCUT2D eigenvalue weighted by Crippen LogP contribution is 2.40. The zero-order valence-electron chi connectivity index (χ0n) is 21.9. The van der Waals surface area contributed by atoms with Gasteiger partial charge in [-0.15, -0.1) is 13.2 Å². The Morgan fingerprint density at radius 2 is 1.10 bits per heavy atom. The largest absolute Gasteiger partial charge is 0.527 e. The Kier molecular flexibility index (Phi) is 9.01. The molecule has 0 atom stereocenters. The molecule has 222 valence electrons. The molecule has 0 fully saturated rings. The van der Waals surface area contributed by atoms with Crippen molar-refractivity contribution < 1.29 is 48.6 Å². The molecule has 0 unspecified atom stereocenters. The van der Waals surface area contributed by atoms with Crippen LogP contribution >= 0.6 is 0 Å². The van der Waals surface area contributed by atoms with E-state index in [0.29, 0.717) is 5.56 Å². The first-order chi connectivity index (χ1) is 19.7. The molecule has 4 aromatic rings. The van der Waals surface area contributed by atoms with Gasteiger partial charge in [-0.05, 0) is 83.0 Å². The Hall–Kier alpha value is -3.86. The second-order valence-corrected chi connectivity index (χ2v) is 9.57. The SMILES string of the molecule is CCCc1ccc(-c2ccc(CCc3cc(F)c(-c4cc(F)c(C(F)(F)OC(F)(F)F)c(F)c4)c(F)c3)c(F)c2)cc1. The van der Waals surface area contributed by atoms with Crippen LogP contribution in [0.5, 0.6) is 0 Å². The van der Waals surface area contributed by atoms with E-state index in [9.17, 15) is 43.9 Å². The van der Waals surface area contributed by atoms with Crippen LogP contribution in [0.3, 0.4) is 0 Å². The van der Waals surface area contributed by atoms with Crippen LogP contribution in [0.25, 0.3) is 22.3 Å². The van der Waals surface area contributed by atoms with Gasteiger partial charge < -0.3 is 0 Å². The maximum atomic E-state index is 14.9. The van der Waals surface area contributed by atoms with Crippen molar-refractivity contribution in [3.63, 3.8) is 0 Å². The minimum atomic E-state index is -5.93. The maximum absolute atomic E-state index is 14.9. The van der Waals surface area contributed by atoms with Crippen LogP contribution in [0.1, 0.15) is 35.6 Å². The van der Waals surface area contributed by atoms with Gasteiger partial charge in [0.2, 0.25) is 0 Å². The third-order valence-corrected chi connectivity index (χ3v) is 6.53. The van der Waals surface area contributed by atoms with Gasteiger partial charge in [-0.3, -0.25) is 0 Å². The summed E-state index contributed by atoms with van der Waals surface area (Å²) in [6.45, 7) is 2.07. The predicted octanol–water partition coefficient (Wildman–Crippen LogP) is 10.0. The van der Waals surface area contributed by atoms with Crippen molar-refractivity contribution in [1.82, 2.24) is 0 Å². The van der Waals surface area contributed by atoms with Gasteiger partial charge in [0.1, 0.15) is 34.6 Å². The van der Waals surface area contributed by atoms with Crippen LogP contribution < -0.4 is 0 Å². The fraction of sp³-hybridized carbons (Fsp3) is 0.226. The van der Waals surface area contributed by atoms with Gasteiger partial charge in [0.15, 0.2) is 0 Å². The highest BCUT2D eigenvalue weighted by Gasteiger charge is 2.49. The van der Waals surface area contributed by atoms with Crippen molar-refractivity contribution >= 4 is 0 Å². The first-order valence-electron chi connectivity index (χ1n) is 12.7. The minimum absolute atomic E-state index is 0.0290. The van der Waals surface area contributed by atoms with E-state index < -0.39 is 58.2 Å². The highest BCUT2D eigenvalue weighted by molar-refractivity contribution is 5.66. The Labute approximate surface area is 234 Å². The number of ether oxygens (including phenoxy) is 1. The molecule has 0 aliphatic rings. The molecule has 0 heterocycles. The topological polar surface area (TPSA) is 9.23 Å². The van der Waals surface area contributed by atoms with Crippen molar-refractivity contribution in [2.45, 2.75) is 45.1 Å². The molecular formula is C31H22F10O. The number of rotatable bonds is 9. The van der Waals surface area contributed by atoms with Crippen molar-refractivity contribution in [3.8, 4) is 22.3 Å². The van der Waals surface area contributed by atoms with E-state index in [4.69, 9.17) is 0 Å². The van der Waals surface area contributed by atoms with E-state index in [1.54, 1.807) is 12.1 Å². The van der Waals surface area contributed by atoms with Crippen LogP contribution in [0.15, 0.2) is 66.7 Å². The van der Waals surface area contributed by atoms with E-state index in [1.165, 1.54) is 6.07 Å². The molecule has 0 saturated heterocycles. The Bertz CT molecular complexity index is 1530. The van der Waals surface area contributed by atoms with Crippen LogP contribution in [0.2, 0.25) is 0 Å². The predicted molar refractivity (Wildman–Crippen MR) is 136 cm³/mol. The zero-order chi connectivity index (χ0) is 30.8. The molecule has 0 radical (unpaired) electrons. The molecule has 1 nitrogen and oxygen atoms in total. The summed E-state index contributed by atoms with van der Waals surface area (Å²) in [5.74, 6) is -7.59. The summed E-state index contributed by atoms with van der Waals surface area (Å²) >= 11 is 0. The first kappa shape index (κ1) is 31.1. The van der Waals surface area contributed by atoms with Crippen LogP contribution in [0, 0.1) is 29.1 Å². The lowest BCUT2D eigenvalue weighted by molar-refractivity contribution is -0.432. The molecule has 0 aliphatic carbocycles. The standard InChI is InChI=1S/C31H22F10O/c1-2-3-17-4-7-19(8-5-17)21-11-10-20(23(32)14-21)9-6-18-12-24(33)28(25(34)13-18)22-15-26(35)29(27(36)16-22)30(37,38)42-31(39,40)41/h4-5,7-8,10-16H,2-3,6,9H2,1H3. The summed E-state index contributed by atoms with van der Waals surface area (Å²) in [6.07, 6.45) is -9.44. The quantitative estimate of drug-likeness (QED) is 0.174. The molecule has 42 heavy (non-hydrogen) atoms. The minimum Gasteiger partial charge on any atom is -0.222 e. The number of halogens is 10. The summed E-state index contributed by atoms with van der Waals surface area (Å²) in [6, 6.07) is 14.1. The fourth-order valence-electron chi connectivity index (χ4n) is 4.60. The fourth-order valence-corrected chi connectivity index (χ4v) is 4.60. The lowest BCUT2D eigenvalue weighted by Crippen LogP contribution is -2.29. The van der Waals surface area contributed by atoms with E-state index in [-0.39, 0.29) is 36.1 Å². The number of alkyl halides is 5.